The van der Waals surface area contributed by atoms with Gasteiger partial charge in [-0.15, -0.1) is 0 Å². The van der Waals surface area contributed by atoms with E-state index in [-0.39, 0.29) is 23.3 Å². The van der Waals surface area contributed by atoms with Crippen molar-refractivity contribution in [3.05, 3.63) is 35.4 Å². The monoisotopic (exact) mass is 387 g/mol. The maximum atomic E-state index is 12.3. The van der Waals surface area contributed by atoms with Crippen LogP contribution in [0.3, 0.4) is 0 Å². The number of rotatable bonds is 8. The molecule has 5 nitrogen and oxygen atoms in total. The molecule has 1 aromatic carbocycles. The smallest absolute Gasteiger partial charge is 0.234 e. The number of hydrogen-bond acceptors (Lipinski definition) is 3. The van der Waals surface area contributed by atoms with Gasteiger partial charge in [-0.1, -0.05) is 52.0 Å². The largest absolute Gasteiger partial charge is 0.355 e. The van der Waals surface area contributed by atoms with Gasteiger partial charge in [-0.05, 0) is 42.2 Å². The van der Waals surface area contributed by atoms with Crippen molar-refractivity contribution in [1.29, 1.82) is 0 Å². The maximum absolute atomic E-state index is 12.3. The molecular weight excluding hydrogens is 350 g/mol. The molecule has 0 aliphatic carbocycles. The molecule has 1 saturated heterocycles. The topological polar surface area (TPSA) is 61.4 Å². The Kier molecular flexibility index (Phi) is 8.49. The van der Waals surface area contributed by atoms with Gasteiger partial charge in [0.25, 0.3) is 0 Å². The molecule has 0 radical (unpaired) electrons. The van der Waals surface area contributed by atoms with Gasteiger partial charge in [-0.25, -0.2) is 0 Å². The minimum absolute atomic E-state index is 0.0989. The number of hydrogen-bond donors (Lipinski definition) is 2. The van der Waals surface area contributed by atoms with Crippen LogP contribution < -0.4 is 10.6 Å². The van der Waals surface area contributed by atoms with Crippen LogP contribution in [0.25, 0.3) is 0 Å². The van der Waals surface area contributed by atoms with Crippen molar-refractivity contribution in [3.8, 4) is 0 Å². The van der Waals surface area contributed by atoms with E-state index in [9.17, 15) is 9.59 Å². The second-order valence-corrected chi connectivity index (χ2v) is 8.91. The third-order valence-corrected chi connectivity index (χ3v) is 5.35. The highest BCUT2D eigenvalue weighted by atomic mass is 16.2. The molecule has 0 saturated carbocycles. The van der Waals surface area contributed by atoms with Crippen molar-refractivity contribution >= 4 is 11.8 Å². The Hall–Kier alpha value is -1.88. The number of nitrogens with one attached hydrogen (secondary N) is 2. The van der Waals surface area contributed by atoms with Gasteiger partial charge in [0, 0.05) is 32.1 Å². The van der Waals surface area contributed by atoms with Crippen molar-refractivity contribution in [2.45, 2.75) is 71.3 Å². The van der Waals surface area contributed by atoms with E-state index in [1.807, 2.05) is 0 Å². The van der Waals surface area contributed by atoms with E-state index in [4.69, 9.17) is 0 Å². The lowest BCUT2D eigenvalue weighted by Crippen LogP contribution is -2.47. The molecule has 0 atom stereocenters. The first-order chi connectivity index (χ1) is 13.3. The van der Waals surface area contributed by atoms with Crippen molar-refractivity contribution < 1.29 is 9.59 Å². The van der Waals surface area contributed by atoms with E-state index < -0.39 is 0 Å². The summed E-state index contributed by atoms with van der Waals surface area (Å²) in [6, 6.07) is 8.83. The number of aryl methyl sites for hydroxylation is 1. The Morgan fingerprint density at radius 3 is 2.29 bits per heavy atom. The molecule has 156 valence electrons. The number of carbonyl (C=O) groups excluding carboxylic acids is 2. The molecule has 2 amide bonds. The summed E-state index contributed by atoms with van der Waals surface area (Å²) < 4.78 is 0. The van der Waals surface area contributed by atoms with E-state index >= 15 is 0 Å². The van der Waals surface area contributed by atoms with Crippen molar-refractivity contribution in [2.75, 3.05) is 26.2 Å². The van der Waals surface area contributed by atoms with Gasteiger partial charge in [0.1, 0.15) is 0 Å². The molecule has 1 aliphatic rings. The fourth-order valence-electron chi connectivity index (χ4n) is 3.49. The predicted molar refractivity (Wildman–Crippen MR) is 114 cm³/mol. The predicted octanol–water partition coefficient (Wildman–Crippen LogP) is 3.02. The van der Waals surface area contributed by atoms with E-state index in [2.05, 4.69) is 67.5 Å². The lowest BCUT2D eigenvalue weighted by Gasteiger charge is -2.31. The number of likely N-dealkylation sites (tertiary alicyclic amines) is 1. The van der Waals surface area contributed by atoms with Gasteiger partial charge in [-0.3, -0.25) is 14.5 Å². The average Bonchev–Trinajstić information content (AvgIpc) is 2.66. The number of benzene rings is 1. The Morgan fingerprint density at radius 1 is 1.07 bits per heavy atom. The maximum Gasteiger partial charge on any atom is 0.234 e. The summed E-state index contributed by atoms with van der Waals surface area (Å²) in [7, 11) is 0. The molecular formula is C23H37N3O2. The van der Waals surface area contributed by atoms with Crippen LogP contribution in [-0.2, 0) is 21.4 Å². The lowest BCUT2D eigenvalue weighted by atomic mass is 9.86. The lowest BCUT2D eigenvalue weighted by molar-refractivity contribution is -0.124. The van der Waals surface area contributed by atoms with E-state index in [1.54, 1.807) is 0 Å². The number of piperidine rings is 1. The fraction of sp³-hybridized carbons (Fsp3) is 0.652. The Balaban J connectivity index is 1.67. The van der Waals surface area contributed by atoms with Crippen molar-refractivity contribution in [3.63, 3.8) is 0 Å². The average molecular weight is 388 g/mol. The zero-order valence-corrected chi connectivity index (χ0v) is 18.0. The third-order valence-electron chi connectivity index (χ3n) is 5.35. The van der Waals surface area contributed by atoms with Crippen molar-refractivity contribution in [1.82, 2.24) is 15.5 Å². The number of carbonyl (C=O) groups is 2. The molecule has 2 N–H and O–H groups in total. The Labute approximate surface area is 170 Å². The van der Waals surface area contributed by atoms with Crippen LogP contribution in [0, 0.1) is 0 Å². The summed E-state index contributed by atoms with van der Waals surface area (Å²) in [5.41, 5.74) is 2.67. The Morgan fingerprint density at radius 2 is 1.71 bits per heavy atom. The second-order valence-electron chi connectivity index (χ2n) is 8.91. The summed E-state index contributed by atoms with van der Waals surface area (Å²) in [5.74, 6) is 0.223. The summed E-state index contributed by atoms with van der Waals surface area (Å²) in [5, 5.41) is 6.08. The van der Waals surface area contributed by atoms with Gasteiger partial charge in [0.05, 0.1) is 6.54 Å². The second kappa shape index (κ2) is 10.6. The molecule has 0 aromatic heterocycles. The minimum Gasteiger partial charge on any atom is -0.355 e. The molecule has 0 spiro atoms. The minimum atomic E-state index is 0.0989. The summed E-state index contributed by atoms with van der Waals surface area (Å²) in [6.45, 7) is 11.6. The van der Waals surface area contributed by atoms with Crippen LogP contribution in [0.1, 0.15) is 64.5 Å². The van der Waals surface area contributed by atoms with Crippen LogP contribution in [0.5, 0.6) is 0 Å². The zero-order valence-electron chi connectivity index (χ0n) is 18.0. The molecule has 2 rings (SSSR count). The standard InChI is InChI=1S/C23H37N3O2/c1-5-14-24-22(28)17-26-15-12-20(13-16-26)25-21(27)11-8-18-6-9-19(10-7-18)23(2,3)4/h6-7,9-10,20H,5,8,11-17H2,1-4H3,(H,24,28)(H,25,27). The van der Waals surface area contributed by atoms with Crippen LogP contribution >= 0.6 is 0 Å². The van der Waals surface area contributed by atoms with Crippen molar-refractivity contribution in [2.24, 2.45) is 0 Å². The molecule has 1 heterocycles. The Bertz CT molecular complexity index is 626. The molecule has 0 bridgehead atoms. The SMILES string of the molecule is CCCNC(=O)CN1CCC(NC(=O)CCc2ccc(C(C)(C)C)cc2)CC1. The number of nitrogens with zero attached hydrogens (tertiary/aromatic N) is 1. The molecule has 1 fully saturated rings. The first kappa shape index (κ1) is 22.4. The van der Waals surface area contributed by atoms with Gasteiger partial charge >= 0.3 is 0 Å². The van der Waals surface area contributed by atoms with E-state index in [1.165, 1.54) is 11.1 Å². The summed E-state index contributed by atoms with van der Waals surface area (Å²) in [6.07, 6.45) is 4.07. The van der Waals surface area contributed by atoms with Gasteiger partial charge < -0.3 is 10.6 Å². The highest BCUT2D eigenvalue weighted by Crippen LogP contribution is 2.22. The normalized spacial score (nSPS) is 16.0. The van der Waals surface area contributed by atoms with Crippen LogP contribution in [0.15, 0.2) is 24.3 Å². The molecule has 0 unspecified atom stereocenters. The van der Waals surface area contributed by atoms with Crippen LogP contribution in [0.4, 0.5) is 0 Å². The third kappa shape index (κ3) is 7.63. The molecule has 5 heteroatoms. The quantitative estimate of drug-likeness (QED) is 0.721. The van der Waals surface area contributed by atoms with Crippen LogP contribution in [0.2, 0.25) is 0 Å². The van der Waals surface area contributed by atoms with Gasteiger partial charge in [0.2, 0.25) is 11.8 Å². The number of amides is 2. The highest BCUT2D eigenvalue weighted by Gasteiger charge is 2.22. The van der Waals surface area contributed by atoms with Gasteiger partial charge in [-0.2, -0.15) is 0 Å². The molecule has 1 aromatic rings. The molecule has 1 aliphatic heterocycles. The zero-order chi connectivity index (χ0) is 20.6. The first-order valence-electron chi connectivity index (χ1n) is 10.7. The highest BCUT2D eigenvalue weighted by molar-refractivity contribution is 5.78. The van der Waals surface area contributed by atoms with Crippen LogP contribution in [-0.4, -0.2) is 48.9 Å². The van der Waals surface area contributed by atoms with E-state index in [0.717, 1.165) is 45.3 Å². The first-order valence-corrected chi connectivity index (χ1v) is 10.7. The summed E-state index contributed by atoms with van der Waals surface area (Å²) >= 11 is 0. The molecule has 28 heavy (non-hydrogen) atoms. The van der Waals surface area contributed by atoms with E-state index in [0.29, 0.717) is 13.0 Å². The summed E-state index contributed by atoms with van der Waals surface area (Å²) in [4.78, 5) is 26.3. The fourth-order valence-corrected chi connectivity index (χ4v) is 3.49. The van der Waals surface area contributed by atoms with Gasteiger partial charge in [0.15, 0.2) is 0 Å².